The molecule has 4 aromatic heterocycles. The van der Waals surface area contributed by atoms with Crippen molar-refractivity contribution in [3.05, 3.63) is 72.6 Å². The molecule has 1 aliphatic rings. The Morgan fingerprint density at radius 1 is 1.09 bits per heavy atom. The normalized spacial score (nSPS) is 13.0. The van der Waals surface area contributed by atoms with E-state index >= 15 is 0 Å². The number of rotatable bonds is 5. The van der Waals surface area contributed by atoms with E-state index < -0.39 is 0 Å². The fraction of sp³-hybridized carbons (Fsp3) is 0.130. The van der Waals surface area contributed by atoms with Crippen LogP contribution < -0.4 is 10.6 Å². The van der Waals surface area contributed by atoms with E-state index in [9.17, 15) is 4.79 Å². The van der Waals surface area contributed by atoms with Crippen LogP contribution in [0.15, 0.2) is 66.3 Å². The topological polar surface area (TPSA) is 110 Å². The first-order chi connectivity index (χ1) is 15.7. The smallest absolute Gasteiger partial charge is 0.247 e. The van der Waals surface area contributed by atoms with E-state index in [0.29, 0.717) is 18.0 Å². The van der Waals surface area contributed by atoms with Crippen LogP contribution in [0.5, 0.6) is 0 Å². The maximum absolute atomic E-state index is 12.6. The highest BCUT2D eigenvalue weighted by molar-refractivity contribution is 5.94. The van der Waals surface area contributed by atoms with Crippen LogP contribution in [-0.4, -0.2) is 43.4 Å². The predicted molar refractivity (Wildman–Crippen MR) is 123 cm³/mol. The molecular weight excluding hydrogens is 404 g/mol. The summed E-state index contributed by atoms with van der Waals surface area (Å²) in [5.41, 5.74) is 5.28. The highest BCUT2D eigenvalue weighted by atomic mass is 16.2. The minimum atomic E-state index is -0.237. The fourth-order valence-electron chi connectivity index (χ4n) is 3.54. The van der Waals surface area contributed by atoms with Crippen LogP contribution in [0.1, 0.15) is 11.3 Å². The van der Waals surface area contributed by atoms with Gasteiger partial charge in [0, 0.05) is 54.2 Å². The van der Waals surface area contributed by atoms with Crippen LogP contribution in [0.3, 0.4) is 0 Å². The Hall–Kier alpha value is -4.40. The quantitative estimate of drug-likeness (QED) is 0.510. The summed E-state index contributed by atoms with van der Waals surface area (Å²) in [5.74, 6) is 0.225. The van der Waals surface area contributed by atoms with E-state index in [1.807, 2.05) is 37.4 Å². The van der Waals surface area contributed by atoms with Gasteiger partial charge in [0.25, 0.3) is 0 Å². The summed E-state index contributed by atoms with van der Waals surface area (Å²) in [4.78, 5) is 30.0. The molecule has 5 rings (SSSR count). The summed E-state index contributed by atoms with van der Waals surface area (Å²) in [6.45, 7) is 2.69. The summed E-state index contributed by atoms with van der Waals surface area (Å²) in [5, 5.41) is 11.2. The number of fused-ring (bicyclic) bond motifs is 1. The zero-order valence-electron chi connectivity index (χ0n) is 17.4. The Labute approximate surface area is 184 Å². The highest BCUT2D eigenvalue weighted by Gasteiger charge is 2.13. The number of nitrogens with one attached hydrogen (secondary N) is 2. The van der Waals surface area contributed by atoms with Gasteiger partial charge in [-0.3, -0.25) is 14.8 Å². The lowest BCUT2D eigenvalue weighted by Gasteiger charge is -2.09. The summed E-state index contributed by atoms with van der Waals surface area (Å²) >= 11 is 0. The molecule has 0 saturated heterocycles. The maximum atomic E-state index is 12.6. The monoisotopic (exact) mass is 424 g/mol. The average Bonchev–Trinajstić information content (AvgIpc) is 3.23. The van der Waals surface area contributed by atoms with Crippen molar-refractivity contribution in [3.63, 3.8) is 0 Å². The number of hydrogen-bond acceptors (Lipinski definition) is 7. The number of carbonyl (C=O) groups is 1. The van der Waals surface area contributed by atoms with Crippen molar-refractivity contribution in [3.8, 4) is 11.1 Å². The molecule has 9 heteroatoms. The van der Waals surface area contributed by atoms with Crippen molar-refractivity contribution in [2.45, 2.75) is 13.5 Å². The van der Waals surface area contributed by atoms with Gasteiger partial charge in [-0.2, -0.15) is 5.10 Å². The van der Waals surface area contributed by atoms with Gasteiger partial charge in [0.15, 0.2) is 5.65 Å². The molecule has 0 bridgehead atoms. The minimum Gasteiger partial charge on any atom is -0.384 e. The van der Waals surface area contributed by atoms with Crippen molar-refractivity contribution < 1.29 is 4.79 Å². The van der Waals surface area contributed by atoms with Crippen molar-refractivity contribution >= 4 is 34.7 Å². The van der Waals surface area contributed by atoms with Gasteiger partial charge in [0.2, 0.25) is 5.91 Å². The van der Waals surface area contributed by atoms with Gasteiger partial charge in [-0.05, 0) is 48.4 Å². The molecular formula is C23H20N8O. The Bertz CT molecular complexity index is 1350. The lowest BCUT2D eigenvalue weighted by Crippen LogP contribution is -2.20. The van der Waals surface area contributed by atoms with Crippen molar-refractivity contribution in [2.24, 2.45) is 4.99 Å². The third-order valence-corrected chi connectivity index (χ3v) is 5.05. The first-order valence-corrected chi connectivity index (χ1v) is 10.1. The molecule has 32 heavy (non-hydrogen) atoms. The molecule has 1 amide bonds. The summed E-state index contributed by atoms with van der Waals surface area (Å²) < 4.78 is 1.59. The first-order valence-electron chi connectivity index (χ1n) is 10.1. The lowest BCUT2D eigenvalue weighted by atomic mass is 10.0. The minimum absolute atomic E-state index is 0.0259. The number of aromatic nitrogens is 5. The van der Waals surface area contributed by atoms with Gasteiger partial charge in [0.1, 0.15) is 12.4 Å². The van der Waals surface area contributed by atoms with Crippen molar-refractivity contribution in [1.82, 2.24) is 30.0 Å². The standard InChI is InChI=1S/C23H20N8O/c1-15-10-16(4-6-25-15)18-5-7-27-23-19(18)12-29-31(23)14-22(32)30-21-3-2-17(11-28-21)20-13-24-8-9-26-20/h2-7,9-13,24H,8,14H2,1H3,(H,28,30,32). The molecule has 158 valence electrons. The number of carbonyl (C=O) groups excluding carboxylic acids is 1. The van der Waals surface area contributed by atoms with E-state index in [1.54, 1.807) is 41.8 Å². The number of anilines is 1. The summed E-state index contributed by atoms with van der Waals surface area (Å²) in [6.07, 6.45) is 10.6. The van der Waals surface area contributed by atoms with Gasteiger partial charge in [-0.25, -0.2) is 14.6 Å². The highest BCUT2D eigenvalue weighted by Crippen LogP contribution is 2.27. The molecule has 9 nitrogen and oxygen atoms in total. The molecule has 5 heterocycles. The summed E-state index contributed by atoms with van der Waals surface area (Å²) in [7, 11) is 0. The molecule has 1 aliphatic heterocycles. The number of amides is 1. The molecule has 0 aromatic carbocycles. The second kappa shape index (κ2) is 8.38. The van der Waals surface area contributed by atoms with E-state index in [0.717, 1.165) is 33.5 Å². The second-order valence-electron chi connectivity index (χ2n) is 7.31. The molecule has 0 unspecified atom stereocenters. The zero-order chi connectivity index (χ0) is 21.9. The lowest BCUT2D eigenvalue weighted by molar-refractivity contribution is -0.116. The number of nitrogens with zero attached hydrogens (tertiary/aromatic N) is 6. The largest absolute Gasteiger partial charge is 0.384 e. The van der Waals surface area contributed by atoms with Gasteiger partial charge < -0.3 is 10.6 Å². The fourth-order valence-corrected chi connectivity index (χ4v) is 3.54. The summed E-state index contributed by atoms with van der Waals surface area (Å²) in [6, 6.07) is 9.52. The van der Waals surface area contributed by atoms with Crippen LogP contribution in [0, 0.1) is 6.92 Å². The number of aliphatic imine (C=N–C) groups is 1. The molecule has 0 aliphatic carbocycles. The maximum Gasteiger partial charge on any atom is 0.247 e. The van der Waals surface area contributed by atoms with Gasteiger partial charge >= 0.3 is 0 Å². The van der Waals surface area contributed by atoms with Gasteiger partial charge in [-0.1, -0.05) is 0 Å². The molecule has 0 spiro atoms. The third-order valence-electron chi connectivity index (χ3n) is 5.05. The van der Waals surface area contributed by atoms with E-state index in [1.165, 1.54) is 0 Å². The van der Waals surface area contributed by atoms with E-state index in [2.05, 4.69) is 35.7 Å². The Morgan fingerprint density at radius 3 is 2.78 bits per heavy atom. The molecule has 0 radical (unpaired) electrons. The van der Waals surface area contributed by atoms with Crippen LogP contribution >= 0.6 is 0 Å². The third kappa shape index (κ3) is 3.95. The van der Waals surface area contributed by atoms with Crippen molar-refractivity contribution in [1.29, 1.82) is 0 Å². The molecule has 0 fully saturated rings. The SMILES string of the molecule is Cc1cc(-c2ccnc3c2cnn3CC(=O)Nc2ccc(C3=CNCC=N3)cn2)ccn1. The van der Waals surface area contributed by atoms with Crippen LogP contribution in [0.25, 0.3) is 27.9 Å². The molecule has 2 N–H and O–H groups in total. The Morgan fingerprint density at radius 2 is 2.00 bits per heavy atom. The molecule has 4 aromatic rings. The number of hydrogen-bond donors (Lipinski definition) is 2. The van der Waals surface area contributed by atoms with Crippen molar-refractivity contribution in [2.75, 3.05) is 11.9 Å². The Balaban J connectivity index is 1.32. The first kappa shape index (κ1) is 19.6. The number of pyridine rings is 3. The second-order valence-corrected chi connectivity index (χ2v) is 7.31. The van der Waals surface area contributed by atoms with Gasteiger partial charge in [0.05, 0.1) is 11.9 Å². The van der Waals surface area contributed by atoms with Crippen LogP contribution in [0.4, 0.5) is 5.82 Å². The van der Waals surface area contributed by atoms with Crippen LogP contribution in [-0.2, 0) is 11.3 Å². The molecule has 0 saturated carbocycles. The zero-order valence-corrected chi connectivity index (χ0v) is 17.4. The Kier molecular flexibility index (Phi) is 5.12. The predicted octanol–water partition coefficient (Wildman–Crippen LogP) is 2.81. The number of aryl methyl sites for hydroxylation is 1. The van der Waals surface area contributed by atoms with Gasteiger partial charge in [-0.15, -0.1) is 0 Å². The van der Waals surface area contributed by atoms with Crippen LogP contribution in [0.2, 0.25) is 0 Å². The average molecular weight is 424 g/mol. The molecule has 0 atom stereocenters. The van der Waals surface area contributed by atoms with E-state index in [4.69, 9.17) is 0 Å². The van der Waals surface area contributed by atoms with E-state index in [-0.39, 0.29) is 12.5 Å².